The Balaban J connectivity index is 3.68. The van der Waals surface area contributed by atoms with Crippen LogP contribution in [-0.2, 0) is 9.53 Å². The Morgan fingerprint density at radius 1 is 1.60 bits per heavy atom. The van der Waals surface area contributed by atoms with E-state index in [0.717, 1.165) is 0 Å². The lowest BCUT2D eigenvalue weighted by molar-refractivity contribution is -0.110. The van der Waals surface area contributed by atoms with Crippen LogP contribution in [0.3, 0.4) is 0 Å². The van der Waals surface area contributed by atoms with Gasteiger partial charge < -0.3 is 10.1 Å². The highest BCUT2D eigenvalue weighted by atomic mass is 127. The van der Waals surface area contributed by atoms with Crippen molar-refractivity contribution in [2.45, 2.75) is 13.0 Å². The minimum Gasteiger partial charge on any atom is -0.453 e. The van der Waals surface area contributed by atoms with Crippen molar-refractivity contribution in [3.8, 4) is 0 Å². The van der Waals surface area contributed by atoms with Gasteiger partial charge in [0.2, 0.25) is 3.79 Å². The van der Waals surface area contributed by atoms with Gasteiger partial charge in [0, 0.05) is 22.6 Å². The predicted molar refractivity (Wildman–Crippen MR) is 44.0 cm³/mol. The number of halogens is 1. The van der Waals surface area contributed by atoms with Gasteiger partial charge in [-0.3, -0.25) is 4.79 Å². The smallest absolute Gasteiger partial charge is 0.407 e. The molecule has 1 amide bonds. The lowest BCUT2D eigenvalue weighted by atomic mass is 10.4. The second kappa shape index (κ2) is 4.48. The molecule has 0 aromatic carbocycles. The molecule has 0 fully saturated rings. The first-order valence-electron chi connectivity index (χ1n) is 2.61. The number of hydrogen-bond donors (Lipinski definition) is 1. The van der Waals surface area contributed by atoms with Gasteiger partial charge in [0.05, 0.1) is 13.2 Å². The van der Waals surface area contributed by atoms with Gasteiger partial charge >= 0.3 is 6.09 Å². The molecule has 0 aromatic rings. The maximum Gasteiger partial charge on any atom is 0.407 e. The van der Waals surface area contributed by atoms with Crippen LogP contribution in [0.1, 0.15) is 6.92 Å². The molecule has 1 N–H and O–H groups in total. The van der Waals surface area contributed by atoms with Gasteiger partial charge in [0.1, 0.15) is 0 Å². The quantitative estimate of drug-likeness (QED) is 0.585. The zero-order valence-electron chi connectivity index (χ0n) is 5.68. The molecule has 0 aliphatic carbocycles. The fourth-order valence-electron chi connectivity index (χ4n) is 0.292. The number of ether oxygens (including phenoxy) is 1. The van der Waals surface area contributed by atoms with Gasteiger partial charge in [-0.25, -0.2) is 4.79 Å². The monoisotopic (exact) mass is 257 g/mol. The molecule has 0 aliphatic heterocycles. The number of carbonyl (C=O) groups is 2. The molecule has 0 heterocycles. The summed E-state index contributed by atoms with van der Waals surface area (Å²) in [6.07, 6.45) is -0.586. The second-order valence-corrected chi connectivity index (χ2v) is 2.72. The van der Waals surface area contributed by atoms with E-state index >= 15 is 0 Å². The van der Waals surface area contributed by atoms with E-state index < -0.39 is 12.1 Å². The fourth-order valence-corrected chi connectivity index (χ4v) is 0.448. The van der Waals surface area contributed by atoms with Crippen LogP contribution < -0.4 is 5.32 Å². The molecule has 0 saturated heterocycles. The van der Waals surface area contributed by atoms with Crippen molar-refractivity contribution < 1.29 is 14.3 Å². The molecule has 0 aliphatic rings. The molecule has 1 atom stereocenters. The van der Waals surface area contributed by atoms with Crippen molar-refractivity contribution in [2.24, 2.45) is 0 Å². The minimum absolute atomic E-state index is 0.122. The highest BCUT2D eigenvalue weighted by Gasteiger charge is 2.11. The fraction of sp³-hybridized carbons (Fsp3) is 0.600. The van der Waals surface area contributed by atoms with Crippen molar-refractivity contribution in [3.63, 3.8) is 0 Å². The van der Waals surface area contributed by atoms with Crippen LogP contribution in [0.25, 0.3) is 0 Å². The summed E-state index contributed by atoms with van der Waals surface area (Å²) in [4.78, 5) is 20.9. The molecule has 58 valence electrons. The summed E-state index contributed by atoms with van der Waals surface area (Å²) in [6, 6.07) is -0.479. The van der Waals surface area contributed by atoms with Gasteiger partial charge in [-0.15, -0.1) is 0 Å². The highest BCUT2D eigenvalue weighted by molar-refractivity contribution is 14.1. The van der Waals surface area contributed by atoms with Crippen LogP contribution in [-0.4, -0.2) is 23.0 Å². The average molecular weight is 257 g/mol. The molecule has 4 nitrogen and oxygen atoms in total. The van der Waals surface area contributed by atoms with Crippen LogP contribution in [0.15, 0.2) is 0 Å². The Hall–Kier alpha value is -0.330. The molecule has 0 rings (SSSR count). The Morgan fingerprint density at radius 3 is 2.40 bits per heavy atom. The molecule has 0 bridgehead atoms. The van der Waals surface area contributed by atoms with Crippen LogP contribution in [0, 0.1) is 0 Å². The number of carbonyl (C=O) groups excluding carboxylic acids is 2. The standard InChI is InChI=1S/C5H8INO3/c1-3(4(6)8)7-5(9)10-2/h3H,1-2H3,(H,7,9). The zero-order valence-corrected chi connectivity index (χ0v) is 7.84. The van der Waals surface area contributed by atoms with Crippen molar-refractivity contribution in [3.05, 3.63) is 0 Å². The summed E-state index contributed by atoms with van der Waals surface area (Å²) >= 11 is 1.61. The zero-order chi connectivity index (χ0) is 8.15. The van der Waals surface area contributed by atoms with Crippen molar-refractivity contribution in [2.75, 3.05) is 7.11 Å². The average Bonchev–Trinajstić information content (AvgIpc) is 1.87. The molecule has 0 spiro atoms. The van der Waals surface area contributed by atoms with Crippen LogP contribution in [0.5, 0.6) is 0 Å². The van der Waals surface area contributed by atoms with Gasteiger partial charge in [0.15, 0.2) is 0 Å². The topological polar surface area (TPSA) is 55.4 Å². The van der Waals surface area contributed by atoms with Crippen molar-refractivity contribution in [1.29, 1.82) is 0 Å². The number of nitrogens with one attached hydrogen (secondary N) is 1. The first-order valence-corrected chi connectivity index (χ1v) is 3.69. The summed E-state index contributed by atoms with van der Waals surface area (Å²) < 4.78 is 4.14. The largest absolute Gasteiger partial charge is 0.453 e. The van der Waals surface area contributed by atoms with Gasteiger partial charge in [-0.05, 0) is 6.92 Å². The van der Waals surface area contributed by atoms with Crippen LogP contribution in [0.4, 0.5) is 4.79 Å². The molecule has 1 unspecified atom stereocenters. The van der Waals surface area contributed by atoms with Crippen molar-refractivity contribution >= 4 is 32.5 Å². The Morgan fingerprint density at radius 2 is 2.10 bits per heavy atom. The maximum atomic E-state index is 10.5. The highest BCUT2D eigenvalue weighted by Crippen LogP contribution is 1.93. The number of alkyl carbamates (subject to hydrolysis) is 1. The number of hydrogen-bond acceptors (Lipinski definition) is 3. The summed E-state index contributed by atoms with van der Waals surface area (Å²) in [6.45, 7) is 1.59. The first kappa shape index (κ1) is 9.67. The molecule has 10 heavy (non-hydrogen) atoms. The number of rotatable bonds is 2. The van der Waals surface area contributed by atoms with Crippen LogP contribution in [0.2, 0.25) is 0 Å². The Bertz CT molecular complexity index is 148. The number of methoxy groups -OCH3 is 1. The summed E-state index contributed by atoms with van der Waals surface area (Å²) in [7, 11) is 1.25. The molecule has 0 radical (unpaired) electrons. The van der Waals surface area contributed by atoms with Crippen molar-refractivity contribution in [1.82, 2.24) is 5.32 Å². The van der Waals surface area contributed by atoms with E-state index in [-0.39, 0.29) is 3.79 Å². The third-order valence-electron chi connectivity index (χ3n) is 0.860. The van der Waals surface area contributed by atoms with E-state index in [1.54, 1.807) is 29.5 Å². The van der Waals surface area contributed by atoms with Crippen LogP contribution >= 0.6 is 22.6 Å². The Labute approximate surface area is 72.4 Å². The molecular formula is C5H8INO3. The van der Waals surface area contributed by atoms with E-state index in [9.17, 15) is 9.59 Å². The third kappa shape index (κ3) is 3.65. The summed E-state index contributed by atoms with van der Waals surface area (Å²) in [5, 5.41) is 2.31. The van der Waals surface area contributed by atoms with E-state index in [1.165, 1.54) is 7.11 Å². The maximum absolute atomic E-state index is 10.5. The molecule has 5 heteroatoms. The van der Waals surface area contributed by atoms with E-state index in [1.807, 2.05) is 0 Å². The molecular weight excluding hydrogens is 249 g/mol. The van der Waals surface area contributed by atoms with Gasteiger partial charge in [-0.1, -0.05) is 0 Å². The first-order chi connectivity index (χ1) is 4.57. The second-order valence-electron chi connectivity index (χ2n) is 1.66. The SMILES string of the molecule is COC(=O)NC(C)C(=O)I. The lowest BCUT2D eigenvalue weighted by Gasteiger charge is -2.06. The molecule has 0 aromatic heterocycles. The van der Waals surface area contributed by atoms with E-state index in [2.05, 4.69) is 10.1 Å². The minimum atomic E-state index is -0.586. The summed E-state index contributed by atoms with van der Waals surface area (Å²) in [5.74, 6) is 0. The number of amides is 1. The van der Waals surface area contributed by atoms with E-state index in [0.29, 0.717) is 0 Å². The Kier molecular flexibility index (Phi) is 4.33. The lowest BCUT2D eigenvalue weighted by Crippen LogP contribution is -2.35. The predicted octanol–water partition coefficient (Wildman–Crippen LogP) is 0.692. The summed E-state index contributed by atoms with van der Waals surface area (Å²) in [5.41, 5.74) is 0. The third-order valence-corrected chi connectivity index (χ3v) is 1.79. The van der Waals surface area contributed by atoms with Gasteiger partial charge in [0.25, 0.3) is 0 Å². The molecule has 0 saturated carbocycles. The van der Waals surface area contributed by atoms with Gasteiger partial charge in [-0.2, -0.15) is 0 Å². The van der Waals surface area contributed by atoms with E-state index in [4.69, 9.17) is 0 Å². The normalized spacial score (nSPS) is 11.9.